The SMILES string of the molecule is Cc1cc(C)cc(C2CC(=O)CC(=O)C2)c1.O=C1CC(=O)CC(c2cc(Cl)cc(Cl)c2)C1. The minimum absolute atomic E-state index is 0.00246. The second-order valence-corrected chi connectivity index (χ2v) is 9.72. The summed E-state index contributed by atoms with van der Waals surface area (Å²) >= 11 is 11.8. The maximum Gasteiger partial charge on any atom is 0.140 e. The minimum atomic E-state index is -0.0649. The van der Waals surface area contributed by atoms with E-state index in [0.29, 0.717) is 35.7 Å². The van der Waals surface area contributed by atoms with Crippen LogP contribution in [0.25, 0.3) is 0 Å². The second-order valence-electron chi connectivity index (χ2n) is 8.84. The molecule has 0 aromatic heterocycles. The number of hydrogen-bond acceptors (Lipinski definition) is 4. The first-order valence-electron chi connectivity index (χ1n) is 10.7. The van der Waals surface area contributed by atoms with Crippen molar-refractivity contribution in [3.05, 3.63) is 68.7 Å². The Morgan fingerprint density at radius 2 is 0.906 bits per heavy atom. The Kier molecular flexibility index (Phi) is 8.02. The van der Waals surface area contributed by atoms with Crippen LogP contribution in [0, 0.1) is 13.8 Å². The Bertz CT molecular complexity index is 915. The van der Waals surface area contributed by atoms with Gasteiger partial charge in [0.1, 0.15) is 23.1 Å². The number of ketones is 4. The Morgan fingerprint density at radius 3 is 1.28 bits per heavy atom. The van der Waals surface area contributed by atoms with Gasteiger partial charge in [-0.3, -0.25) is 19.2 Å². The molecule has 0 radical (unpaired) electrons. The first-order chi connectivity index (χ1) is 15.1. The summed E-state index contributed by atoms with van der Waals surface area (Å²) in [6, 6.07) is 11.5. The fourth-order valence-corrected chi connectivity index (χ4v) is 5.04. The van der Waals surface area contributed by atoms with E-state index >= 15 is 0 Å². The highest BCUT2D eigenvalue weighted by Crippen LogP contribution is 2.33. The monoisotopic (exact) mass is 472 g/mol. The maximum absolute atomic E-state index is 11.4. The highest BCUT2D eigenvalue weighted by molar-refractivity contribution is 6.34. The molecule has 0 bridgehead atoms. The molecule has 6 heteroatoms. The van der Waals surface area contributed by atoms with Gasteiger partial charge in [-0.15, -0.1) is 0 Å². The second kappa shape index (κ2) is 10.5. The predicted molar refractivity (Wildman–Crippen MR) is 126 cm³/mol. The summed E-state index contributed by atoms with van der Waals surface area (Å²) < 4.78 is 0. The molecule has 0 unspecified atom stereocenters. The van der Waals surface area contributed by atoms with Crippen LogP contribution in [0.2, 0.25) is 10.0 Å². The number of benzene rings is 2. The first-order valence-corrected chi connectivity index (χ1v) is 11.5. The van der Waals surface area contributed by atoms with E-state index in [1.165, 1.54) is 11.1 Å². The molecule has 2 aromatic rings. The van der Waals surface area contributed by atoms with Crippen molar-refractivity contribution in [1.29, 1.82) is 0 Å². The molecular formula is C26H26Cl2O4. The van der Waals surface area contributed by atoms with Crippen molar-refractivity contribution in [3.8, 4) is 0 Å². The lowest BCUT2D eigenvalue weighted by molar-refractivity contribution is -0.131. The van der Waals surface area contributed by atoms with Gasteiger partial charge in [0.2, 0.25) is 0 Å². The van der Waals surface area contributed by atoms with Gasteiger partial charge in [0, 0.05) is 35.7 Å². The van der Waals surface area contributed by atoms with Crippen molar-refractivity contribution in [2.75, 3.05) is 0 Å². The van der Waals surface area contributed by atoms with Crippen molar-refractivity contribution in [2.45, 2.75) is 64.2 Å². The summed E-state index contributed by atoms with van der Waals surface area (Å²) in [5.74, 6) is 0.202. The molecule has 2 aromatic carbocycles. The molecule has 2 aliphatic carbocycles. The zero-order valence-electron chi connectivity index (χ0n) is 18.3. The molecular weight excluding hydrogens is 447 g/mol. The lowest BCUT2D eigenvalue weighted by Gasteiger charge is -2.21. The summed E-state index contributed by atoms with van der Waals surface area (Å²) in [5, 5.41) is 1.07. The number of carbonyl (C=O) groups excluding carboxylic acids is 4. The molecule has 2 fully saturated rings. The third kappa shape index (κ3) is 6.85. The summed E-state index contributed by atoms with van der Waals surface area (Å²) in [7, 11) is 0. The Morgan fingerprint density at radius 1 is 0.562 bits per heavy atom. The summed E-state index contributed by atoms with van der Waals surface area (Å²) in [4.78, 5) is 45.5. The molecule has 168 valence electrons. The van der Waals surface area contributed by atoms with Crippen molar-refractivity contribution in [3.63, 3.8) is 0 Å². The smallest absolute Gasteiger partial charge is 0.140 e. The maximum atomic E-state index is 11.4. The highest BCUT2D eigenvalue weighted by atomic mass is 35.5. The number of hydrogen-bond donors (Lipinski definition) is 0. The number of rotatable bonds is 2. The molecule has 32 heavy (non-hydrogen) atoms. The van der Waals surface area contributed by atoms with Crippen molar-refractivity contribution < 1.29 is 19.2 Å². The van der Waals surface area contributed by atoms with E-state index in [9.17, 15) is 19.2 Å². The van der Waals surface area contributed by atoms with Crippen molar-refractivity contribution in [1.82, 2.24) is 0 Å². The standard InChI is InChI=1S/C14H16O2.C12H10Cl2O2/c1-9-3-10(2)5-11(4-9)12-6-13(15)8-14(16)7-12;13-9-1-7(2-10(14)5-9)8-3-11(15)6-12(16)4-8/h3-5,12H,6-8H2,1-2H3;1-2,5,8H,3-4,6H2. The highest BCUT2D eigenvalue weighted by Gasteiger charge is 2.27. The molecule has 2 aliphatic rings. The van der Waals surface area contributed by atoms with Crippen LogP contribution >= 0.6 is 23.2 Å². The average molecular weight is 473 g/mol. The third-order valence-electron chi connectivity index (χ3n) is 5.76. The van der Waals surface area contributed by atoms with E-state index in [1.807, 2.05) is 13.8 Å². The van der Waals surface area contributed by atoms with E-state index < -0.39 is 0 Å². The molecule has 4 rings (SSSR count). The quantitative estimate of drug-likeness (QED) is 0.494. The van der Waals surface area contributed by atoms with Crippen molar-refractivity contribution in [2.24, 2.45) is 0 Å². The molecule has 0 N–H and O–H groups in total. The fourth-order valence-electron chi connectivity index (χ4n) is 4.50. The van der Waals surface area contributed by atoms with Gasteiger partial charge in [0.25, 0.3) is 0 Å². The predicted octanol–water partition coefficient (Wildman–Crippen LogP) is 6.11. The van der Waals surface area contributed by atoms with Crippen LogP contribution in [0.4, 0.5) is 0 Å². The van der Waals surface area contributed by atoms with Crippen LogP contribution in [0.15, 0.2) is 36.4 Å². The lowest BCUT2D eigenvalue weighted by atomic mass is 9.82. The summed E-state index contributed by atoms with van der Waals surface area (Å²) in [6.07, 6.45) is 2.07. The van der Waals surface area contributed by atoms with Crippen LogP contribution in [0.5, 0.6) is 0 Å². The lowest BCUT2D eigenvalue weighted by Crippen LogP contribution is -2.21. The Balaban J connectivity index is 0.000000181. The van der Waals surface area contributed by atoms with Gasteiger partial charge >= 0.3 is 0 Å². The Labute approximate surface area is 198 Å². The van der Waals surface area contributed by atoms with Gasteiger partial charge in [-0.05, 0) is 55.0 Å². The van der Waals surface area contributed by atoms with Crippen LogP contribution in [-0.4, -0.2) is 23.1 Å². The van der Waals surface area contributed by atoms with Gasteiger partial charge < -0.3 is 0 Å². The van der Waals surface area contributed by atoms with Gasteiger partial charge in [0.15, 0.2) is 0 Å². The van der Waals surface area contributed by atoms with Crippen LogP contribution in [0.3, 0.4) is 0 Å². The van der Waals surface area contributed by atoms with E-state index in [2.05, 4.69) is 18.2 Å². The zero-order chi connectivity index (χ0) is 23.4. The van der Waals surface area contributed by atoms with E-state index in [4.69, 9.17) is 23.2 Å². The van der Waals surface area contributed by atoms with Crippen LogP contribution in [-0.2, 0) is 19.2 Å². The van der Waals surface area contributed by atoms with E-state index in [1.54, 1.807) is 18.2 Å². The molecule has 0 aliphatic heterocycles. The minimum Gasteiger partial charge on any atom is -0.299 e. The Hall–Kier alpha value is -2.30. The third-order valence-corrected chi connectivity index (χ3v) is 6.19. The summed E-state index contributed by atoms with van der Waals surface area (Å²) in [6.45, 7) is 4.09. The molecule has 4 nitrogen and oxygen atoms in total. The van der Waals surface area contributed by atoms with Gasteiger partial charge in [-0.2, -0.15) is 0 Å². The number of halogens is 2. The van der Waals surface area contributed by atoms with Crippen LogP contribution in [0.1, 0.15) is 72.6 Å². The van der Waals surface area contributed by atoms with E-state index in [-0.39, 0.29) is 47.8 Å². The topological polar surface area (TPSA) is 68.3 Å². The molecule has 0 heterocycles. The molecule has 0 amide bonds. The molecule has 0 spiro atoms. The van der Waals surface area contributed by atoms with Gasteiger partial charge in [0.05, 0.1) is 12.8 Å². The number of Topliss-reactive ketones (excluding diaryl/α,β-unsaturated/α-hetero) is 4. The summed E-state index contributed by atoms with van der Waals surface area (Å²) in [5.41, 5.74) is 4.40. The van der Waals surface area contributed by atoms with E-state index in [0.717, 1.165) is 11.1 Å². The zero-order valence-corrected chi connectivity index (χ0v) is 19.8. The number of aryl methyl sites for hydroxylation is 2. The van der Waals surface area contributed by atoms with Crippen molar-refractivity contribution >= 4 is 46.3 Å². The molecule has 0 saturated heterocycles. The average Bonchev–Trinajstić information content (AvgIpc) is 2.65. The normalized spacial score (nSPS) is 17.9. The first kappa shape index (κ1) is 24.3. The fraction of sp³-hybridized carbons (Fsp3) is 0.385. The molecule has 0 atom stereocenters. The van der Waals surface area contributed by atoms with Gasteiger partial charge in [-0.25, -0.2) is 0 Å². The number of carbonyl (C=O) groups is 4. The van der Waals surface area contributed by atoms with Gasteiger partial charge in [-0.1, -0.05) is 52.5 Å². The largest absolute Gasteiger partial charge is 0.299 e. The molecule has 2 saturated carbocycles. The van der Waals surface area contributed by atoms with Crippen LogP contribution < -0.4 is 0 Å².